The van der Waals surface area contributed by atoms with Crippen LogP contribution in [0.4, 0.5) is 15.8 Å². The third-order valence-electron chi connectivity index (χ3n) is 4.94. The molecular weight excluding hydrogens is 383 g/mol. The van der Waals surface area contributed by atoms with E-state index in [0.29, 0.717) is 22.7 Å². The number of nitrogens with zero attached hydrogens (tertiary/aromatic N) is 1. The van der Waals surface area contributed by atoms with Gasteiger partial charge in [-0.3, -0.25) is 9.59 Å². The van der Waals surface area contributed by atoms with Crippen LogP contribution in [0.2, 0.25) is 0 Å². The third-order valence-corrected chi connectivity index (χ3v) is 4.94. The second-order valence-corrected chi connectivity index (χ2v) is 7.17. The molecular formula is C24H21FN2O3. The molecule has 1 N–H and O–H groups in total. The number of halogens is 1. The minimum atomic E-state index is -0.678. The molecule has 1 atom stereocenters. The van der Waals surface area contributed by atoms with Gasteiger partial charge in [-0.05, 0) is 36.8 Å². The molecule has 3 aromatic carbocycles. The molecule has 1 heterocycles. The van der Waals surface area contributed by atoms with Gasteiger partial charge >= 0.3 is 0 Å². The maximum atomic E-state index is 14.2. The van der Waals surface area contributed by atoms with Crippen molar-refractivity contribution in [3.8, 4) is 5.75 Å². The molecule has 30 heavy (non-hydrogen) atoms. The van der Waals surface area contributed by atoms with Crippen molar-refractivity contribution < 1.29 is 18.7 Å². The lowest BCUT2D eigenvalue weighted by Crippen LogP contribution is -2.44. The Bertz CT molecular complexity index is 1080. The van der Waals surface area contributed by atoms with Crippen LogP contribution in [0.1, 0.15) is 18.1 Å². The summed E-state index contributed by atoms with van der Waals surface area (Å²) < 4.78 is 19.9. The maximum absolute atomic E-state index is 14.2. The van der Waals surface area contributed by atoms with Gasteiger partial charge in [-0.1, -0.05) is 48.5 Å². The van der Waals surface area contributed by atoms with E-state index in [1.165, 1.54) is 11.0 Å². The van der Waals surface area contributed by atoms with Crippen LogP contribution in [0.3, 0.4) is 0 Å². The highest BCUT2D eigenvalue weighted by molar-refractivity contribution is 6.01. The van der Waals surface area contributed by atoms with Crippen molar-refractivity contribution in [3.05, 3.63) is 89.7 Å². The van der Waals surface area contributed by atoms with E-state index in [2.05, 4.69) is 5.32 Å². The fourth-order valence-electron chi connectivity index (χ4n) is 3.43. The summed E-state index contributed by atoms with van der Waals surface area (Å²) in [7, 11) is 0. The second-order valence-electron chi connectivity index (χ2n) is 7.17. The topological polar surface area (TPSA) is 58.6 Å². The first kappa shape index (κ1) is 19.6. The van der Waals surface area contributed by atoms with E-state index in [9.17, 15) is 14.0 Å². The average molecular weight is 404 g/mol. The van der Waals surface area contributed by atoms with Gasteiger partial charge in [0.2, 0.25) is 5.91 Å². The molecule has 5 nitrogen and oxygen atoms in total. The number of benzene rings is 3. The van der Waals surface area contributed by atoms with Gasteiger partial charge in [0.15, 0.2) is 6.10 Å². The van der Waals surface area contributed by atoms with E-state index in [1.807, 2.05) is 30.3 Å². The average Bonchev–Trinajstić information content (AvgIpc) is 2.74. The number of nitrogens with one attached hydrogen (secondary N) is 1. The highest BCUT2D eigenvalue weighted by Crippen LogP contribution is 2.37. The van der Waals surface area contributed by atoms with Crippen LogP contribution in [0, 0.1) is 5.82 Å². The zero-order valence-corrected chi connectivity index (χ0v) is 16.5. The fraction of sp³-hybridized carbons (Fsp3) is 0.167. The number of fused-ring (bicyclic) bond motifs is 1. The van der Waals surface area contributed by atoms with Gasteiger partial charge < -0.3 is 15.0 Å². The van der Waals surface area contributed by atoms with Crippen molar-refractivity contribution in [2.75, 3.05) is 10.2 Å². The Morgan fingerprint density at radius 3 is 2.57 bits per heavy atom. The van der Waals surface area contributed by atoms with Gasteiger partial charge in [-0.2, -0.15) is 0 Å². The molecule has 0 aromatic heterocycles. The summed E-state index contributed by atoms with van der Waals surface area (Å²) in [6, 6.07) is 20.9. The second kappa shape index (κ2) is 8.37. The predicted octanol–water partition coefficient (Wildman–Crippen LogP) is 4.32. The van der Waals surface area contributed by atoms with Gasteiger partial charge in [-0.25, -0.2) is 4.39 Å². The molecule has 1 aliphatic heterocycles. The monoisotopic (exact) mass is 404 g/mol. The number of hydrogen-bond acceptors (Lipinski definition) is 3. The summed E-state index contributed by atoms with van der Waals surface area (Å²) in [4.78, 5) is 26.7. The zero-order chi connectivity index (χ0) is 21.1. The van der Waals surface area contributed by atoms with Gasteiger partial charge in [0.05, 0.1) is 18.7 Å². The van der Waals surface area contributed by atoms with Crippen molar-refractivity contribution in [1.82, 2.24) is 0 Å². The first-order chi connectivity index (χ1) is 14.5. The molecule has 0 fully saturated rings. The smallest absolute Gasteiger partial charge is 0.268 e. The van der Waals surface area contributed by atoms with Crippen molar-refractivity contribution in [2.24, 2.45) is 0 Å². The summed E-state index contributed by atoms with van der Waals surface area (Å²) in [6.07, 6.45) is -0.439. The Labute approximate surface area is 174 Å². The van der Waals surface area contributed by atoms with Crippen molar-refractivity contribution in [2.45, 2.75) is 26.0 Å². The molecule has 3 aromatic rings. The van der Waals surface area contributed by atoms with Gasteiger partial charge in [-0.15, -0.1) is 0 Å². The molecule has 2 amide bonds. The fourth-order valence-corrected chi connectivity index (χ4v) is 3.43. The lowest BCUT2D eigenvalue weighted by molar-refractivity contribution is -0.125. The van der Waals surface area contributed by atoms with Crippen molar-refractivity contribution in [3.63, 3.8) is 0 Å². The molecule has 0 radical (unpaired) electrons. The summed E-state index contributed by atoms with van der Waals surface area (Å²) in [5, 5.41) is 2.86. The Morgan fingerprint density at radius 2 is 1.80 bits per heavy atom. The molecule has 4 rings (SSSR count). The molecule has 0 bridgehead atoms. The first-order valence-corrected chi connectivity index (χ1v) is 9.70. The SMILES string of the molecule is CC1Oc2ccc(NC(=O)Cc3ccccc3)cc2N(Cc2ccccc2F)C1=O. The van der Waals surface area contributed by atoms with Crippen LogP contribution >= 0.6 is 0 Å². The minimum absolute atomic E-state index is 0.0770. The lowest BCUT2D eigenvalue weighted by atomic mass is 10.1. The summed E-state index contributed by atoms with van der Waals surface area (Å²) >= 11 is 0. The van der Waals surface area contributed by atoms with Crippen LogP contribution in [-0.2, 0) is 22.6 Å². The van der Waals surface area contributed by atoms with Crippen LogP contribution in [0.15, 0.2) is 72.8 Å². The van der Waals surface area contributed by atoms with Crippen LogP contribution in [0.5, 0.6) is 5.75 Å². The number of carbonyl (C=O) groups excluding carboxylic acids is 2. The lowest BCUT2D eigenvalue weighted by Gasteiger charge is -2.33. The van der Waals surface area contributed by atoms with E-state index >= 15 is 0 Å². The van der Waals surface area contributed by atoms with E-state index in [4.69, 9.17) is 4.74 Å². The van der Waals surface area contributed by atoms with Gasteiger partial charge in [0, 0.05) is 11.3 Å². The van der Waals surface area contributed by atoms with E-state index in [-0.39, 0.29) is 30.6 Å². The number of rotatable bonds is 5. The van der Waals surface area contributed by atoms with Crippen LogP contribution in [0.25, 0.3) is 0 Å². The Morgan fingerprint density at radius 1 is 1.07 bits per heavy atom. The van der Waals surface area contributed by atoms with E-state index in [0.717, 1.165) is 5.56 Å². The molecule has 1 unspecified atom stereocenters. The number of ether oxygens (including phenoxy) is 1. The highest BCUT2D eigenvalue weighted by Gasteiger charge is 2.32. The molecule has 0 saturated carbocycles. The maximum Gasteiger partial charge on any atom is 0.268 e. The zero-order valence-electron chi connectivity index (χ0n) is 16.5. The minimum Gasteiger partial charge on any atom is -0.479 e. The third kappa shape index (κ3) is 4.17. The summed E-state index contributed by atoms with van der Waals surface area (Å²) in [5.74, 6) is -0.297. The van der Waals surface area contributed by atoms with E-state index in [1.54, 1.807) is 43.3 Å². The van der Waals surface area contributed by atoms with E-state index < -0.39 is 6.10 Å². The molecule has 0 aliphatic carbocycles. The number of carbonyl (C=O) groups is 2. The molecule has 1 aliphatic rings. The number of hydrogen-bond donors (Lipinski definition) is 1. The summed E-state index contributed by atoms with van der Waals surface area (Å²) in [5.41, 5.74) is 2.35. The van der Waals surface area contributed by atoms with Gasteiger partial charge in [0.25, 0.3) is 5.91 Å². The number of amides is 2. The Kier molecular flexibility index (Phi) is 5.48. The molecule has 0 saturated heterocycles. The summed E-state index contributed by atoms with van der Waals surface area (Å²) in [6.45, 7) is 1.74. The Hall–Kier alpha value is -3.67. The molecule has 6 heteroatoms. The quantitative estimate of drug-likeness (QED) is 0.689. The van der Waals surface area contributed by atoms with Crippen molar-refractivity contribution >= 4 is 23.2 Å². The largest absolute Gasteiger partial charge is 0.479 e. The van der Waals surface area contributed by atoms with Crippen LogP contribution < -0.4 is 15.0 Å². The predicted molar refractivity (Wildman–Crippen MR) is 113 cm³/mol. The molecule has 152 valence electrons. The van der Waals surface area contributed by atoms with Gasteiger partial charge in [0.1, 0.15) is 11.6 Å². The Balaban J connectivity index is 1.58. The number of anilines is 2. The van der Waals surface area contributed by atoms with Crippen LogP contribution in [-0.4, -0.2) is 17.9 Å². The molecule has 0 spiro atoms. The normalized spacial score (nSPS) is 15.3. The standard InChI is InChI=1S/C24H21FN2O3/c1-16-24(29)27(15-18-9-5-6-10-20(18)25)21-14-19(11-12-22(21)30-16)26-23(28)13-17-7-3-2-4-8-17/h2-12,14,16H,13,15H2,1H3,(H,26,28). The van der Waals surface area contributed by atoms with Crippen molar-refractivity contribution in [1.29, 1.82) is 0 Å². The first-order valence-electron chi connectivity index (χ1n) is 9.70. The highest BCUT2D eigenvalue weighted by atomic mass is 19.1.